The van der Waals surface area contributed by atoms with Crippen LogP contribution in [0.1, 0.15) is 60.8 Å². The summed E-state index contributed by atoms with van der Waals surface area (Å²) in [4.78, 5) is 14.2. The highest BCUT2D eigenvalue weighted by Gasteiger charge is 2.56. The Morgan fingerprint density at radius 3 is 2.56 bits per heavy atom. The van der Waals surface area contributed by atoms with E-state index < -0.39 is 5.60 Å². The summed E-state index contributed by atoms with van der Waals surface area (Å²) in [6.07, 6.45) is 8.81. The number of fused-ring (bicyclic) bond motifs is 2. The topological polar surface area (TPSA) is 41.6 Å². The monoisotopic (exact) mass is 348 g/mol. The fourth-order valence-corrected chi connectivity index (χ4v) is 4.87. The molecule has 0 unspecified atom stereocenters. The Balaban J connectivity index is 1.80. The van der Waals surface area contributed by atoms with Gasteiger partial charge in [0.2, 0.25) is 0 Å². The van der Waals surface area contributed by atoms with E-state index in [0.717, 1.165) is 24.8 Å². The molecule has 3 saturated carbocycles. The molecule has 3 aliphatic carbocycles. The zero-order valence-electron chi connectivity index (χ0n) is 16.9. The lowest BCUT2D eigenvalue weighted by Gasteiger charge is -2.63. The highest BCUT2D eigenvalue weighted by Crippen LogP contribution is 2.61. The van der Waals surface area contributed by atoms with Crippen LogP contribution in [0.5, 0.6) is 0 Å². The molecule has 3 fully saturated rings. The number of nitrogens with one attached hydrogen (secondary N) is 1. The molecule has 2 bridgehead atoms. The zero-order valence-corrected chi connectivity index (χ0v) is 16.9. The van der Waals surface area contributed by atoms with Gasteiger partial charge < -0.3 is 10.1 Å². The third-order valence-corrected chi connectivity index (χ3v) is 6.37. The summed E-state index contributed by atoms with van der Waals surface area (Å²) in [6.45, 7) is 15.1. The fourth-order valence-electron chi connectivity index (χ4n) is 4.87. The maximum Gasteiger partial charge on any atom is 0.407 e. The molecular formula is C21H36N2O2. The molecule has 0 radical (unpaired) electrons. The summed E-state index contributed by atoms with van der Waals surface area (Å²) in [5.74, 6) is 5.17. The van der Waals surface area contributed by atoms with Crippen LogP contribution in [0.2, 0.25) is 0 Å². The Hall–Kier alpha value is -1.21. The molecule has 0 aromatic carbocycles. The number of ether oxygens (including phenoxy) is 1. The predicted molar refractivity (Wildman–Crippen MR) is 102 cm³/mol. The van der Waals surface area contributed by atoms with Crippen molar-refractivity contribution in [1.29, 1.82) is 0 Å². The van der Waals surface area contributed by atoms with Crippen molar-refractivity contribution < 1.29 is 9.53 Å². The lowest BCUT2D eigenvalue weighted by atomic mass is 9.44. The Morgan fingerprint density at radius 1 is 1.36 bits per heavy atom. The average Bonchev–Trinajstić information content (AvgIpc) is 2.48. The molecular weight excluding hydrogens is 312 g/mol. The maximum atomic E-state index is 11.7. The molecule has 0 saturated heterocycles. The Labute approximate surface area is 154 Å². The first-order chi connectivity index (χ1) is 11.6. The van der Waals surface area contributed by atoms with Crippen molar-refractivity contribution in [3.63, 3.8) is 0 Å². The first-order valence-electron chi connectivity index (χ1n) is 9.70. The molecule has 25 heavy (non-hydrogen) atoms. The van der Waals surface area contributed by atoms with Gasteiger partial charge in [0.05, 0.1) is 6.54 Å². The van der Waals surface area contributed by atoms with Crippen molar-refractivity contribution in [2.75, 3.05) is 19.6 Å². The average molecular weight is 349 g/mol. The van der Waals surface area contributed by atoms with Gasteiger partial charge >= 0.3 is 6.09 Å². The highest BCUT2D eigenvalue weighted by atomic mass is 16.6. The first kappa shape index (κ1) is 20.1. The Morgan fingerprint density at radius 2 is 2.04 bits per heavy atom. The number of amides is 1. The lowest BCUT2D eigenvalue weighted by Crippen LogP contribution is -2.60. The highest BCUT2D eigenvalue weighted by molar-refractivity contribution is 5.67. The van der Waals surface area contributed by atoms with Crippen molar-refractivity contribution in [3.8, 4) is 12.3 Å². The van der Waals surface area contributed by atoms with Crippen molar-refractivity contribution >= 4 is 6.09 Å². The van der Waals surface area contributed by atoms with Crippen LogP contribution in [0.4, 0.5) is 4.79 Å². The van der Waals surface area contributed by atoms with Gasteiger partial charge in [-0.05, 0) is 63.2 Å². The standard InChI is InChI=1S/C21H36N2O2/c1-8-11-23(12-9-10-22-19(24)25-20(3,4)5)18-14-16-13-17(15(18)2)21(16,6)7/h1,15-18H,9-14H2,2-7H3,(H,22,24)/t15-,16+,17-,18-/m1/s1. The quantitative estimate of drug-likeness (QED) is 0.584. The van der Waals surface area contributed by atoms with Gasteiger partial charge in [0.1, 0.15) is 5.60 Å². The van der Waals surface area contributed by atoms with E-state index in [1.165, 1.54) is 12.8 Å². The number of rotatable bonds is 6. The van der Waals surface area contributed by atoms with Gasteiger partial charge in [-0.25, -0.2) is 4.79 Å². The van der Waals surface area contributed by atoms with E-state index in [1.807, 2.05) is 20.8 Å². The normalized spacial score (nSPS) is 30.3. The van der Waals surface area contributed by atoms with Gasteiger partial charge in [-0.15, -0.1) is 6.42 Å². The van der Waals surface area contributed by atoms with Crippen molar-refractivity contribution in [2.45, 2.75) is 72.4 Å². The number of carbonyl (C=O) groups is 1. The van der Waals surface area contributed by atoms with Gasteiger partial charge in [0, 0.05) is 19.1 Å². The second-order valence-electron chi connectivity index (χ2n) is 9.48. The van der Waals surface area contributed by atoms with Crippen LogP contribution in [0.25, 0.3) is 0 Å². The molecule has 4 atom stereocenters. The SMILES string of the molecule is C#CCN(CCCNC(=O)OC(C)(C)C)[C@@H]1C[C@@H]2C[C@H]([C@H]1C)C2(C)C. The summed E-state index contributed by atoms with van der Waals surface area (Å²) in [6, 6.07) is 0.578. The van der Waals surface area contributed by atoms with E-state index in [9.17, 15) is 4.79 Å². The molecule has 0 spiro atoms. The zero-order chi connectivity index (χ0) is 18.8. The van der Waals surface area contributed by atoms with Crippen molar-refractivity contribution in [3.05, 3.63) is 0 Å². The van der Waals surface area contributed by atoms with Crippen LogP contribution in [0.3, 0.4) is 0 Å². The van der Waals surface area contributed by atoms with Gasteiger partial charge in [-0.1, -0.05) is 26.7 Å². The minimum Gasteiger partial charge on any atom is -0.444 e. The summed E-state index contributed by atoms with van der Waals surface area (Å²) < 4.78 is 5.27. The van der Waals surface area contributed by atoms with Crippen LogP contribution < -0.4 is 5.32 Å². The van der Waals surface area contributed by atoms with Crippen molar-refractivity contribution in [2.24, 2.45) is 23.2 Å². The van der Waals surface area contributed by atoms with Crippen LogP contribution in [-0.2, 0) is 4.74 Å². The fraction of sp³-hybridized carbons (Fsp3) is 0.857. The Bertz CT molecular complexity index is 515. The number of nitrogens with zero attached hydrogens (tertiary/aromatic N) is 1. The molecule has 3 rings (SSSR count). The van der Waals surface area contributed by atoms with E-state index in [4.69, 9.17) is 11.2 Å². The smallest absolute Gasteiger partial charge is 0.407 e. The number of hydrogen-bond acceptors (Lipinski definition) is 3. The minimum absolute atomic E-state index is 0.343. The van der Waals surface area contributed by atoms with Gasteiger partial charge in [0.25, 0.3) is 0 Å². The van der Waals surface area contributed by atoms with E-state index in [0.29, 0.717) is 30.5 Å². The summed E-state index contributed by atoms with van der Waals surface area (Å²) in [5, 5.41) is 2.84. The van der Waals surface area contributed by atoms with Crippen molar-refractivity contribution in [1.82, 2.24) is 10.2 Å². The van der Waals surface area contributed by atoms with E-state index in [1.54, 1.807) is 0 Å². The molecule has 142 valence electrons. The molecule has 0 heterocycles. The molecule has 0 aliphatic heterocycles. The number of terminal acetylenes is 1. The largest absolute Gasteiger partial charge is 0.444 e. The van der Waals surface area contributed by atoms with Crippen LogP contribution in [-0.4, -0.2) is 42.3 Å². The third kappa shape index (κ3) is 4.70. The first-order valence-corrected chi connectivity index (χ1v) is 9.70. The molecule has 1 amide bonds. The Kier molecular flexibility index (Phi) is 6.09. The van der Waals surface area contributed by atoms with E-state index in [2.05, 4.69) is 36.9 Å². The van der Waals surface area contributed by atoms with E-state index in [-0.39, 0.29) is 6.09 Å². The van der Waals surface area contributed by atoms with Crippen LogP contribution in [0, 0.1) is 35.5 Å². The number of alkyl carbamates (subject to hydrolysis) is 1. The second-order valence-corrected chi connectivity index (χ2v) is 9.48. The maximum absolute atomic E-state index is 11.7. The molecule has 0 aromatic rings. The molecule has 3 aliphatic rings. The third-order valence-electron chi connectivity index (χ3n) is 6.37. The summed E-state index contributed by atoms with van der Waals surface area (Å²) in [7, 11) is 0. The van der Waals surface area contributed by atoms with E-state index >= 15 is 0 Å². The predicted octanol–water partition coefficient (Wildman–Crippen LogP) is 3.91. The van der Waals surface area contributed by atoms with Crippen LogP contribution in [0.15, 0.2) is 0 Å². The second kappa shape index (κ2) is 7.58. The molecule has 1 N–H and O–H groups in total. The lowest BCUT2D eigenvalue weighted by molar-refractivity contribution is -0.137. The summed E-state index contributed by atoms with van der Waals surface area (Å²) >= 11 is 0. The van der Waals surface area contributed by atoms with Gasteiger partial charge in [-0.2, -0.15) is 0 Å². The minimum atomic E-state index is -0.453. The summed E-state index contributed by atoms with van der Waals surface area (Å²) in [5.41, 5.74) is 0.0426. The molecule has 4 heteroatoms. The molecule has 0 aromatic heterocycles. The van der Waals surface area contributed by atoms with Crippen LogP contribution >= 0.6 is 0 Å². The number of carbonyl (C=O) groups excluding carboxylic acids is 1. The van der Waals surface area contributed by atoms with Gasteiger partial charge in [-0.3, -0.25) is 4.90 Å². The molecule has 4 nitrogen and oxygen atoms in total. The van der Waals surface area contributed by atoms with Gasteiger partial charge in [0.15, 0.2) is 0 Å². The number of hydrogen-bond donors (Lipinski definition) is 1.